The first-order valence-electron chi connectivity index (χ1n) is 12.8. The van der Waals surface area contributed by atoms with Gasteiger partial charge in [-0.05, 0) is 31.1 Å². The molecule has 0 bridgehead atoms. The lowest BCUT2D eigenvalue weighted by molar-refractivity contribution is -0.132. The zero-order valence-electron chi connectivity index (χ0n) is 20.2. The van der Waals surface area contributed by atoms with Crippen LogP contribution >= 0.6 is 0 Å². The largest absolute Gasteiger partial charge is 0.394 e. The zero-order valence-corrected chi connectivity index (χ0v) is 20.2. The van der Waals surface area contributed by atoms with Crippen molar-refractivity contribution in [2.45, 2.75) is 129 Å². The van der Waals surface area contributed by atoms with Crippen molar-refractivity contribution in [1.82, 2.24) is 5.01 Å². The highest BCUT2D eigenvalue weighted by Gasteiger charge is 2.07. The van der Waals surface area contributed by atoms with Crippen LogP contribution in [0, 0.1) is 23.7 Å². The summed E-state index contributed by atoms with van der Waals surface area (Å²) in [5.41, 5.74) is 0. The Morgan fingerprint density at radius 2 is 1.13 bits per heavy atom. The second kappa shape index (κ2) is 24.8. The van der Waals surface area contributed by atoms with Gasteiger partial charge in [-0.15, -0.1) is 0 Å². The van der Waals surface area contributed by atoms with E-state index in [-0.39, 0.29) is 19.1 Å². The standard InChI is InChI=1S/C27H48N2O2/c1-2-3-4-5-6-7-8-9-10-11-12-13-14-15-16-17-18-19-20-21-22-23-24-27(31)29(28)25-26-30/h30H,2-12,17-26,28H2,1H3. The third-order valence-corrected chi connectivity index (χ3v) is 5.50. The molecule has 0 aromatic carbocycles. The Balaban J connectivity index is 3.34. The number of carbonyl (C=O) groups excluding carboxylic acids is 1. The molecule has 0 rings (SSSR count). The summed E-state index contributed by atoms with van der Waals surface area (Å²) in [4.78, 5) is 11.6. The van der Waals surface area contributed by atoms with Gasteiger partial charge in [-0.3, -0.25) is 9.80 Å². The second-order valence-electron chi connectivity index (χ2n) is 8.47. The van der Waals surface area contributed by atoms with Gasteiger partial charge >= 0.3 is 0 Å². The summed E-state index contributed by atoms with van der Waals surface area (Å²) in [6.07, 6.45) is 22.6. The second-order valence-corrected chi connectivity index (χ2v) is 8.47. The molecule has 31 heavy (non-hydrogen) atoms. The minimum absolute atomic E-state index is 0.0846. The van der Waals surface area contributed by atoms with E-state index in [1.165, 1.54) is 77.0 Å². The average Bonchev–Trinajstić information content (AvgIpc) is 2.77. The van der Waals surface area contributed by atoms with Gasteiger partial charge < -0.3 is 5.11 Å². The first-order chi connectivity index (χ1) is 15.2. The number of carbonyl (C=O) groups is 1. The molecule has 0 aromatic rings. The maximum Gasteiger partial charge on any atom is 0.236 e. The van der Waals surface area contributed by atoms with Gasteiger partial charge in [-0.2, -0.15) is 0 Å². The van der Waals surface area contributed by atoms with Gasteiger partial charge in [0.25, 0.3) is 0 Å². The van der Waals surface area contributed by atoms with Crippen molar-refractivity contribution in [2.24, 2.45) is 5.84 Å². The number of amides is 1. The Bertz CT molecular complexity index is 525. The lowest BCUT2D eigenvalue weighted by Gasteiger charge is -2.14. The number of hydrogen-bond donors (Lipinski definition) is 2. The lowest BCUT2D eigenvalue weighted by atomic mass is 10.1. The fourth-order valence-corrected chi connectivity index (χ4v) is 3.49. The number of aliphatic hydroxyl groups is 1. The van der Waals surface area contributed by atoms with E-state index in [0.29, 0.717) is 6.42 Å². The number of hydrazine groups is 1. The van der Waals surface area contributed by atoms with E-state index in [9.17, 15) is 4.79 Å². The third kappa shape index (κ3) is 23.0. The molecule has 0 atom stereocenters. The highest BCUT2D eigenvalue weighted by atomic mass is 16.3. The first kappa shape index (κ1) is 29.5. The minimum atomic E-state index is -0.0872. The minimum Gasteiger partial charge on any atom is -0.394 e. The van der Waals surface area contributed by atoms with Crippen LogP contribution in [0.4, 0.5) is 0 Å². The van der Waals surface area contributed by atoms with Crippen LogP contribution in [-0.2, 0) is 4.79 Å². The molecule has 0 fully saturated rings. The molecule has 0 aromatic heterocycles. The summed E-state index contributed by atoms with van der Waals surface area (Å²) < 4.78 is 0. The average molecular weight is 433 g/mol. The van der Waals surface area contributed by atoms with Gasteiger partial charge in [0.2, 0.25) is 5.91 Å². The quantitative estimate of drug-likeness (QED) is 0.0800. The molecule has 0 aliphatic carbocycles. The number of nitrogens with two attached hydrogens (primary N) is 1. The number of nitrogens with zero attached hydrogens (tertiary/aromatic N) is 1. The molecule has 4 heteroatoms. The van der Waals surface area contributed by atoms with Gasteiger partial charge in [0, 0.05) is 19.3 Å². The van der Waals surface area contributed by atoms with Gasteiger partial charge in [-0.1, -0.05) is 102 Å². The number of unbranched alkanes of at least 4 members (excludes halogenated alkanes) is 16. The number of aliphatic hydroxyl groups excluding tert-OH is 1. The number of hydrogen-bond acceptors (Lipinski definition) is 3. The van der Waals surface area contributed by atoms with E-state index in [0.717, 1.165) is 43.5 Å². The maximum atomic E-state index is 11.6. The SMILES string of the molecule is CCCCCCCCCCCCC#CC#CCCCCCCCCC(=O)N(N)CCO. The van der Waals surface area contributed by atoms with E-state index in [1.807, 2.05) is 0 Å². The van der Waals surface area contributed by atoms with E-state index in [1.54, 1.807) is 0 Å². The molecule has 178 valence electrons. The summed E-state index contributed by atoms with van der Waals surface area (Å²) in [5.74, 6) is 17.8. The molecule has 0 saturated carbocycles. The Kier molecular flexibility index (Phi) is 23.6. The van der Waals surface area contributed by atoms with Crippen molar-refractivity contribution in [3.8, 4) is 23.7 Å². The maximum absolute atomic E-state index is 11.6. The topological polar surface area (TPSA) is 66.6 Å². The molecule has 0 spiro atoms. The van der Waals surface area contributed by atoms with Crippen LogP contribution in [0.5, 0.6) is 0 Å². The summed E-state index contributed by atoms with van der Waals surface area (Å²) in [6, 6.07) is 0. The normalized spacial score (nSPS) is 10.2. The Morgan fingerprint density at radius 1 is 0.710 bits per heavy atom. The molecule has 0 radical (unpaired) electrons. The van der Waals surface area contributed by atoms with Crippen molar-refractivity contribution in [2.75, 3.05) is 13.2 Å². The van der Waals surface area contributed by atoms with Crippen molar-refractivity contribution < 1.29 is 9.90 Å². The molecular weight excluding hydrogens is 384 g/mol. The highest BCUT2D eigenvalue weighted by molar-refractivity contribution is 5.75. The smallest absolute Gasteiger partial charge is 0.236 e. The third-order valence-electron chi connectivity index (χ3n) is 5.50. The molecule has 4 nitrogen and oxygen atoms in total. The summed E-state index contributed by atoms with van der Waals surface area (Å²) in [6.45, 7) is 2.39. The zero-order chi connectivity index (χ0) is 22.8. The van der Waals surface area contributed by atoms with Crippen LogP contribution < -0.4 is 5.84 Å². The Morgan fingerprint density at radius 3 is 1.58 bits per heavy atom. The van der Waals surface area contributed by atoms with Crippen LogP contribution in [0.15, 0.2) is 0 Å². The van der Waals surface area contributed by atoms with Crippen LogP contribution in [-0.4, -0.2) is 29.2 Å². The number of rotatable bonds is 20. The van der Waals surface area contributed by atoms with Gasteiger partial charge in [0.1, 0.15) is 0 Å². The van der Waals surface area contributed by atoms with E-state index < -0.39 is 0 Å². The Labute approximate surface area is 192 Å². The summed E-state index contributed by atoms with van der Waals surface area (Å²) >= 11 is 0. The lowest BCUT2D eigenvalue weighted by Crippen LogP contribution is -2.39. The summed E-state index contributed by atoms with van der Waals surface area (Å²) in [5, 5.41) is 9.86. The van der Waals surface area contributed by atoms with Gasteiger partial charge in [0.15, 0.2) is 0 Å². The molecular formula is C27H48N2O2. The van der Waals surface area contributed by atoms with Gasteiger partial charge in [0.05, 0.1) is 13.2 Å². The van der Waals surface area contributed by atoms with Crippen LogP contribution in [0.3, 0.4) is 0 Å². The van der Waals surface area contributed by atoms with E-state index >= 15 is 0 Å². The van der Waals surface area contributed by atoms with Crippen LogP contribution in [0.1, 0.15) is 129 Å². The molecule has 0 aliphatic rings. The predicted molar refractivity (Wildman–Crippen MR) is 132 cm³/mol. The predicted octanol–water partition coefficient (Wildman–Crippen LogP) is 6.12. The molecule has 0 saturated heterocycles. The molecule has 0 aliphatic heterocycles. The van der Waals surface area contributed by atoms with Crippen molar-refractivity contribution in [3.05, 3.63) is 0 Å². The van der Waals surface area contributed by atoms with Crippen molar-refractivity contribution >= 4 is 5.91 Å². The van der Waals surface area contributed by atoms with Crippen LogP contribution in [0.25, 0.3) is 0 Å². The van der Waals surface area contributed by atoms with E-state index in [2.05, 4.69) is 30.6 Å². The van der Waals surface area contributed by atoms with Crippen molar-refractivity contribution in [3.63, 3.8) is 0 Å². The van der Waals surface area contributed by atoms with E-state index in [4.69, 9.17) is 10.9 Å². The first-order valence-corrected chi connectivity index (χ1v) is 12.8. The molecule has 3 N–H and O–H groups in total. The highest BCUT2D eigenvalue weighted by Crippen LogP contribution is 2.11. The van der Waals surface area contributed by atoms with Gasteiger partial charge in [-0.25, -0.2) is 5.84 Å². The monoisotopic (exact) mass is 432 g/mol. The fraction of sp³-hybridized carbons (Fsp3) is 0.815. The Hall–Kier alpha value is -1.49. The molecule has 1 amide bonds. The fourth-order valence-electron chi connectivity index (χ4n) is 3.49. The molecule has 0 heterocycles. The van der Waals surface area contributed by atoms with Crippen LogP contribution in [0.2, 0.25) is 0 Å². The van der Waals surface area contributed by atoms with Crippen molar-refractivity contribution in [1.29, 1.82) is 0 Å². The summed E-state index contributed by atoms with van der Waals surface area (Å²) in [7, 11) is 0. The molecule has 0 unspecified atom stereocenters.